The number of nitrogens with zero attached hydrogens (tertiary/aromatic N) is 1. The van der Waals surface area contributed by atoms with Gasteiger partial charge in [0.15, 0.2) is 5.82 Å². The number of rotatable bonds is 6. The molecule has 2 rings (SSSR count). The zero-order chi connectivity index (χ0) is 22.1. The smallest absolute Gasteiger partial charge is 0.258 e. The van der Waals surface area contributed by atoms with Crippen LogP contribution in [-0.4, -0.2) is 15.2 Å². The molecule has 0 aliphatic carbocycles. The first-order chi connectivity index (χ1) is 13.3. The number of amides is 1. The summed E-state index contributed by atoms with van der Waals surface area (Å²) in [5.41, 5.74) is 0.812. The average Bonchev–Trinajstić information content (AvgIpc) is 2.97. The second-order valence-corrected chi connectivity index (χ2v) is 10.7. The Labute approximate surface area is 176 Å². The molecule has 0 aliphatic heterocycles. The number of hydrogen-bond acceptors (Lipinski definition) is 4. The lowest BCUT2D eigenvalue weighted by Gasteiger charge is -2.19. The minimum absolute atomic E-state index is 0.0103. The maximum absolute atomic E-state index is 14.2. The van der Waals surface area contributed by atoms with Gasteiger partial charge in [0.2, 0.25) is 0 Å². The first-order valence-corrected chi connectivity index (χ1v) is 11.4. The average molecular weight is 444 g/mol. The van der Waals surface area contributed by atoms with E-state index in [0.29, 0.717) is 21.6 Å². The van der Waals surface area contributed by atoms with E-state index in [1.807, 2.05) is 27.7 Å². The minimum Gasteiger partial charge on any atom is -0.385 e. The fourth-order valence-electron chi connectivity index (χ4n) is 3.04. The van der Waals surface area contributed by atoms with Crippen LogP contribution in [0.25, 0.3) is 0 Å². The number of benzene rings is 1. The molecule has 1 aromatic carbocycles. The van der Waals surface area contributed by atoms with E-state index >= 15 is 0 Å². The fraction of sp³-hybridized carbons (Fsp3) is 0.476. The lowest BCUT2D eigenvalue weighted by molar-refractivity contribution is -0.117. The zero-order valence-corrected chi connectivity index (χ0v) is 19.1. The molecule has 1 aromatic heterocycles. The predicted molar refractivity (Wildman–Crippen MR) is 113 cm³/mol. The summed E-state index contributed by atoms with van der Waals surface area (Å²) in [5, 5.41) is 9.99. The Morgan fingerprint density at radius 3 is 2.07 bits per heavy atom. The molecular formula is C21H27F2NO3S2. The third-order valence-electron chi connectivity index (χ3n) is 4.50. The van der Waals surface area contributed by atoms with Crippen LogP contribution in [0, 0.1) is 11.6 Å². The van der Waals surface area contributed by atoms with Crippen LogP contribution in [0.4, 0.5) is 8.78 Å². The SMILES string of the molecule is CC(C)c1cc(F)cc(C(C)C)c1CC(=O)/N=[SH](=O)\c1sc(C(C)(C)O)cc1F. The summed E-state index contributed by atoms with van der Waals surface area (Å²) >= 11 is 0.837. The van der Waals surface area contributed by atoms with Crippen LogP contribution in [0.1, 0.15) is 74.9 Å². The fourth-order valence-corrected chi connectivity index (χ4v) is 5.16. The molecule has 0 fully saturated rings. The molecule has 0 spiro atoms. The van der Waals surface area contributed by atoms with E-state index in [2.05, 4.69) is 4.36 Å². The predicted octanol–water partition coefficient (Wildman–Crippen LogP) is 5.29. The van der Waals surface area contributed by atoms with Gasteiger partial charge in [-0.05, 0) is 60.6 Å². The monoisotopic (exact) mass is 443 g/mol. The van der Waals surface area contributed by atoms with Gasteiger partial charge >= 0.3 is 0 Å². The van der Waals surface area contributed by atoms with Gasteiger partial charge in [0, 0.05) is 4.88 Å². The van der Waals surface area contributed by atoms with Gasteiger partial charge < -0.3 is 5.11 Å². The molecule has 0 aliphatic rings. The van der Waals surface area contributed by atoms with Crippen molar-refractivity contribution in [1.29, 1.82) is 0 Å². The Kier molecular flexibility index (Phi) is 7.35. The van der Waals surface area contributed by atoms with Crippen molar-refractivity contribution < 1.29 is 22.9 Å². The summed E-state index contributed by atoms with van der Waals surface area (Å²) in [7, 11) is -2.63. The maximum Gasteiger partial charge on any atom is 0.258 e. The number of halogens is 2. The van der Waals surface area contributed by atoms with E-state index in [0.717, 1.165) is 17.4 Å². The van der Waals surface area contributed by atoms with Crippen molar-refractivity contribution in [3.8, 4) is 0 Å². The largest absolute Gasteiger partial charge is 0.385 e. The lowest BCUT2D eigenvalue weighted by atomic mass is 9.87. The van der Waals surface area contributed by atoms with E-state index in [1.54, 1.807) is 0 Å². The Morgan fingerprint density at radius 1 is 1.14 bits per heavy atom. The van der Waals surface area contributed by atoms with E-state index in [1.165, 1.54) is 26.0 Å². The molecular weight excluding hydrogens is 416 g/mol. The Bertz CT molecular complexity index is 969. The van der Waals surface area contributed by atoms with Crippen LogP contribution in [0.15, 0.2) is 26.8 Å². The van der Waals surface area contributed by atoms with Crippen LogP contribution in [0.2, 0.25) is 0 Å². The molecule has 160 valence electrons. The molecule has 4 nitrogen and oxygen atoms in total. The maximum atomic E-state index is 14.2. The van der Waals surface area contributed by atoms with Crippen LogP contribution in [0.5, 0.6) is 0 Å². The first kappa shape index (κ1) is 23.6. The topological polar surface area (TPSA) is 66.7 Å². The van der Waals surface area contributed by atoms with Gasteiger partial charge in [-0.15, -0.1) is 11.3 Å². The summed E-state index contributed by atoms with van der Waals surface area (Å²) in [4.78, 5) is 12.8. The van der Waals surface area contributed by atoms with E-state index in [9.17, 15) is 22.9 Å². The molecule has 0 radical (unpaired) electrons. The summed E-state index contributed by atoms with van der Waals surface area (Å²) in [6.07, 6.45) is -0.131. The van der Waals surface area contributed by atoms with Gasteiger partial charge in [-0.2, -0.15) is 4.36 Å². The van der Waals surface area contributed by atoms with E-state index < -0.39 is 27.9 Å². The van der Waals surface area contributed by atoms with Gasteiger partial charge in [-0.3, -0.25) is 4.79 Å². The summed E-state index contributed by atoms with van der Waals surface area (Å²) in [5.74, 6) is -1.79. The highest BCUT2D eigenvalue weighted by atomic mass is 32.2. The molecule has 29 heavy (non-hydrogen) atoms. The van der Waals surface area contributed by atoms with Crippen molar-refractivity contribution in [1.82, 2.24) is 0 Å². The van der Waals surface area contributed by atoms with Crippen molar-refractivity contribution in [2.75, 3.05) is 0 Å². The third-order valence-corrected chi connectivity index (χ3v) is 7.44. The summed E-state index contributed by atoms with van der Waals surface area (Å²) in [6.45, 7) is 10.6. The summed E-state index contributed by atoms with van der Waals surface area (Å²) < 4.78 is 44.2. The highest BCUT2D eigenvalue weighted by molar-refractivity contribution is 7.78. The Hall–Kier alpha value is -1.64. The quantitative estimate of drug-likeness (QED) is 0.596. The van der Waals surface area contributed by atoms with Crippen LogP contribution in [0.3, 0.4) is 0 Å². The third kappa shape index (κ3) is 5.71. The highest BCUT2D eigenvalue weighted by Gasteiger charge is 2.23. The van der Waals surface area contributed by atoms with Gasteiger partial charge in [-0.1, -0.05) is 27.7 Å². The van der Waals surface area contributed by atoms with Crippen molar-refractivity contribution in [2.45, 2.75) is 69.6 Å². The van der Waals surface area contributed by atoms with Crippen LogP contribution < -0.4 is 0 Å². The van der Waals surface area contributed by atoms with Crippen molar-refractivity contribution >= 4 is 27.8 Å². The van der Waals surface area contributed by atoms with Crippen molar-refractivity contribution in [2.24, 2.45) is 4.36 Å². The highest BCUT2D eigenvalue weighted by Crippen LogP contribution is 2.32. The molecule has 0 bridgehead atoms. The second kappa shape index (κ2) is 9.02. The van der Waals surface area contributed by atoms with Gasteiger partial charge in [0.1, 0.15) is 10.0 Å². The number of thiophene rings is 1. The standard InChI is InChI=1S/C21H27F2NO3S2/c1-11(2)14-7-13(22)8-15(12(3)4)16(14)9-19(25)24-29(27)20-17(23)10-18(28-20)21(5,6)26/h7-8,10-12,26,29H,9H2,1-6H3. The second-order valence-electron chi connectivity index (χ2n) is 8.14. The van der Waals surface area contributed by atoms with E-state index in [4.69, 9.17) is 0 Å². The number of carbonyl (C=O) groups excluding carboxylic acids is 1. The van der Waals surface area contributed by atoms with Gasteiger partial charge in [0.05, 0.1) is 22.6 Å². The molecule has 0 saturated heterocycles. The molecule has 1 heterocycles. The normalized spacial score (nSPS) is 13.5. The molecule has 1 unspecified atom stereocenters. The van der Waals surface area contributed by atoms with Gasteiger partial charge in [-0.25, -0.2) is 13.0 Å². The number of carbonyl (C=O) groups is 1. The molecule has 1 amide bonds. The van der Waals surface area contributed by atoms with Crippen LogP contribution in [-0.2, 0) is 27.4 Å². The number of thiol groups is 1. The van der Waals surface area contributed by atoms with Crippen molar-refractivity contribution in [3.63, 3.8) is 0 Å². The number of hydrogen-bond donors (Lipinski definition) is 2. The molecule has 1 atom stereocenters. The molecule has 2 aromatic rings. The molecule has 8 heteroatoms. The van der Waals surface area contributed by atoms with E-state index in [-0.39, 0.29) is 28.3 Å². The first-order valence-electron chi connectivity index (χ1n) is 9.37. The lowest BCUT2D eigenvalue weighted by Crippen LogP contribution is -2.12. The van der Waals surface area contributed by atoms with Crippen LogP contribution >= 0.6 is 11.3 Å². The summed E-state index contributed by atoms with van der Waals surface area (Å²) in [6, 6.07) is 3.93. The Balaban J connectivity index is 2.41. The zero-order valence-electron chi connectivity index (χ0n) is 17.4. The Morgan fingerprint density at radius 2 is 1.66 bits per heavy atom. The minimum atomic E-state index is -2.63. The van der Waals surface area contributed by atoms with Gasteiger partial charge in [0.25, 0.3) is 5.91 Å². The van der Waals surface area contributed by atoms with Crippen molar-refractivity contribution in [3.05, 3.63) is 51.4 Å². The molecule has 0 saturated carbocycles. The number of aliphatic hydroxyl groups is 1. The molecule has 1 N–H and O–H groups in total.